The molecule has 0 saturated carbocycles. The zero-order valence-electron chi connectivity index (χ0n) is 12.3. The summed E-state index contributed by atoms with van der Waals surface area (Å²) >= 11 is 3.41. The van der Waals surface area contributed by atoms with E-state index in [9.17, 15) is 4.79 Å². The van der Waals surface area contributed by atoms with Gasteiger partial charge in [0.2, 0.25) is 0 Å². The van der Waals surface area contributed by atoms with Crippen LogP contribution in [0.2, 0.25) is 0 Å². The third-order valence-electron chi connectivity index (χ3n) is 3.25. The number of aryl methyl sites for hydroxylation is 1. The first-order chi connectivity index (χ1) is 9.99. The molecule has 2 aromatic carbocycles. The van der Waals surface area contributed by atoms with Crippen molar-refractivity contribution in [2.45, 2.75) is 19.9 Å². The molecule has 1 atom stereocenters. The number of ether oxygens (including phenoxy) is 1. The lowest BCUT2D eigenvalue weighted by Crippen LogP contribution is -2.26. The van der Waals surface area contributed by atoms with Gasteiger partial charge in [0.05, 0.1) is 13.2 Å². The van der Waals surface area contributed by atoms with Crippen LogP contribution < -0.4 is 10.1 Å². The quantitative estimate of drug-likeness (QED) is 0.897. The molecule has 1 amide bonds. The molecule has 21 heavy (non-hydrogen) atoms. The number of nitrogens with one attached hydrogen (secondary N) is 1. The summed E-state index contributed by atoms with van der Waals surface area (Å²) < 4.78 is 6.11. The van der Waals surface area contributed by atoms with Gasteiger partial charge in [-0.25, -0.2) is 0 Å². The number of carbonyl (C=O) groups excluding carboxylic acids is 1. The van der Waals surface area contributed by atoms with Crippen LogP contribution in [0.3, 0.4) is 0 Å². The van der Waals surface area contributed by atoms with E-state index < -0.39 is 0 Å². The van der Waals surface area contributed by atoms with E-state index in [0.29, 0.717) is 5.56 Å². The van der Waals surface area contributed by atoms with Crippen LogP contribution in [-0.2, 0) is 0 Å². The number of carbonyl (C=O) groups is 1. The molecular weight excluding hydrogens is 330 g/mol. The predicted molar refractivity (Wildman–Crippen MR) is 87.8 cm³/mol. The average molecular weight is 348 g/mol. The molecule has 0 radical (unpaired) electrons. The van der Waals surface area contributed by atoms with Gasteiger partial charge in [0.1, 0.15) is 5.75 Å². The number of halogens is 1. The second-order valence-electron chi connectivity index (χ2n) is 4.99. The molecule has 2 rings (SSSR count). The number of hydrogen-bond acceptors (Lipinski definition) is 2. The van der Waals surface area contributed by atoms with E-state index in [1.165, 1.54) is 0 Å². The van der Waals surface area contributed by atoms with Crippen LogP contribution in [-0.4, -0.2) is 13.0 Å². The normalized spacial score (nSPS) is 11.8. The van der Waals surface area contributed by atoms with Crippen molar-refractivity contribution in [3.8, 4) is 5.75 Å². The van der Waals surface area contributed by atoms with E-state index in [-0.39, 0.29) is 11.9 Å². The topological polar surface area (TPSA) is 38.3 Å². The van der Waals surface area contributed by atoms with Crippen LogP contribution in [0.4, 0.5) is 0 Å². The average Bonchev–Trinajstić information content (AvgIpc) is 2.46. The van der Waals surface area contributed by atoms with Gasteiger partial charge in [-0.3, -0.25) is 4.79 Å². The van der Waals surface area contributed by atoms with Crippen molar-refractivity contribution in [3.63, 3.8) is 0 Å². The Balaban J connectivity index is 2.14. The summed E-state index contributed by atoms with van der Waals surface area (Å²) in [5.74, 6) is 0.696. The van der Waals surface area contributed by atoms with Crippen LogP contribution in [0.1, 0.15) is 34.5 Å². The maximum Gasteiger partial charge on any atom is 0.251 e. The molecule has 0 bridgehead atoms. The number of benzene rings is 2. The summed E-state index contributed by atoms with van der Waals surface area (Å²) in [4.78, 5) is 12.3. The SMILES string of the molecule is COc1cccc(C(C)NC(=O)c2cc(C)cc(Br)c2)c1. The molecule has 0 aromatic heterocycles. The Labute approximate surface area is 133 Å². The fourth-order valence-electron chi connectivity index (χ4n) is 2.14. The van der Waals surface area contributed by atoms with Crippen LogP contribution >= 0.6 is 15.9 Å². The van der Waals surface area contributed by atoms with E-state index >= 15 is 0 Å². The summed E-state index contributed by atoms with van der Waals surface area (Å²) in [5, 5.41) is 3.00. The Morgan fingerprint density at radius 2 is 2.00 bits per heavy atom. The standard InChI is InChI=1S/C17H18BrNO2/c1-11-7-14(9-15(18)8-11)17(20)19-12(2)13-5-4-6-16(10-13)21-3/h4-10,12H,1-3H3,(H,19,20). The number of amides is 1. The first kappa shape index (κ1) is 15.6. The molecule has 0 aliphatic rings. The van der Waals surface area contributed by atoms with Crippen molar-refractivity contribution >= 4 is 21.8 Å². The molecule has 0 aliphatic heterocycles. The summed E-state index contributed by atoms with van der Waals surface area (Å²) in [5.41, 5.74) is 2.70. The fourth-order valence-corrected chi connectivity index (χ4v) is 2.75. The fraction of sp³-hybridized carbons (Fsp3) is 0.235. The highest BCUT2D eigenvalue weighted by Gasteiger charge is 2.12. The molecule has 1 N–H and O–H groups in total. The second-order valence-corrected chi connectivity index (χ2v) is 5.90. The summed E-state index contributed by atoms with van der Waals surface area (Å²) in [6.45, 7) is 3.92. The summed E-state index contributed by atoms with van der Waals surface area (Å²) in [7, 11) is 1.63. The Kier molecular flexibility index (Phi) is 5.02. The molecule has 0 fully saturated rings. The number of rotatable bonds is 4. The maximum atomic E-state index is 12.3. The van der Waals surface area contributed by atoms with Gasteiger partial charge in [0.15, 0.2) is 0 Å². The first-order valence-electron chi connectivity index (χ1n) is 6.71. The Morgan fingerprint density at radius 3 is 2.67 bits per heavy atom. The van der Waals surface area contributed by atoms with Gasteiger partial charge in [-0.2, -0.15) is 0 Å². The van der Waals surface area contributed by atoms with E-state index in [0.717, 1.165) is 21.3 Å². The lowest BCUT2D eigenvalue weighted by molar-refractivity contribution is 0.0939. The van der Waals surface area contributed by atoms with Gasteiger partial charge in [-0.15, -0.1) is 0 Å². The molecule has 0 aliphatic carbocycles. The van der Waals surface area contributed by atoms with E-state index in [1.807, 2.05) is 56.3 Å². The van der Waals surface area contributed by atoms with Gasteiger partial charge < -0.3 is 10.1 Å². The zero-order chi connectivity index (χ0) is 15.4. The van der Waals surface area contributed by atoms with E-state index in [2.05, 4.69) is 21.2 Å². The lowest BCUT2D eigenvalue weighted by Gasteiger charge is -2.15. The van der Waals surface area contributed by atoms with Crippen LogP contribution in [0.5, 0.6) is 5.75 Å². The van der Waals surface area contributed by atoms with Crippen molar-refractivity contribution < 1.29 is 9.53 Å². The molecular formula is C17H18BrNO2. The van der Waals surface area contributed by atoms with Crippen molar-refractivity contribution in [2.24, 2.45) is 0 Å². The van der Waals surface area contributed by atoms with Gasteiger partial charge in [-0.05, 0) is 55.3 Å². The molecule has 3 nitrogen and oxygen atoms in total. The van der Waals surface area contributed by atoms with Gasteiger partial charge in [0, 0.05) is 10.0 Å². The Morgan fingerprint density at radius 1 is 1.24 bits per heavy atom. The van der Waals surface area contributed by atoms with Crippen LogP contribution in [0, 0.1) is 6.92 Å². The molecule has 4 heteroatoms. The van der Waals surface area contributed by atoms with Crippen molar-refractivity contribution in [3.05, 3.63) is 63.6 Å². The molecule has 0 heterocycles. The highest BCUT2D eigenvalue weighted by Crippen LogP contribution is 2.20. The first-order valence-corrected chi connectivity index (χ1v) is 7.51. The van der Waals surface area contributed by atoms with Crippen molar-refractivity contribution in [2.75, 3.05) is 7.11 Å². The van der Waals surface area contributed by atoms with Gasteiger partial charge in [0.25, 0.3) is 5.91 Å². The Bertz CT molecular complexity index is 635. The van der Waals surface area contributed by atoms with Gasteiger partial charge in [-0.1, -0.05) is 28.1 Å². The van der Waals surface area contributed by atoms with E-state index in [4.69, 9.17) is 4.74 Å². The highest BCUT2D eigenvalue weighted by molar-refractivity contribution is 9.10. The minimum atomic E-state index is -0.0908. The van der Waals surface area contributed by atoms with Crippen LogP contribution in [0.15, 0.2) is 46.9 Å². The zero-order valence-corrected chi connectivity index (χ0v) is 13.9. The van der Waals surface area contributed by atoms with Crippen LogP contribution in [0.25, 0.3) is 0 Å². The van der Waals surface area contributed by atoms with Gasteiger partial charge >= 0.3 is 0 Å². The number of methoxy groups -OCH3 is 1. The molecule has 1 unspecified atom stereocenters. The summed E-state index contributed by atoms with van der Waals surface area (Å²) in [6, 6.07) is 13.3. The van der Waals surface area contributed by atoms with Crippen molar-refractivity contribution in [1.82, 2.24) is 5.32 Å². The third kappa shape index (κ3) is 4.08. The minimum Gasteiger partial charge on any atom is -0.497 e. The summed E-state index contributed by atoms with van der Waals surface area (Å²) in [6.07, 6.45) is 0. The van der Waals surface area contributed by atoms with E-state index in [1.54, 1.807) is 7.11 Å². The minimum absolute atomic E-state index is 0.0882. The predicted octanol–water partition coefficient (Wildman–Crippen LogP) is 4.26. The monoisotopic (exact) mass is 347 g/mol. The molecule has 0 spiro atoms. The van der Waals surface area contributed by atoms with Crippen molar-refractivity contribution in [1.29, 1.82) is 0 Å². The Hall–Kier alpha value is -1.81. The molecule has 110 valence electrons. The largest absolute Gasteiger partial charge is 0.497 e. The highest BCUT2D eigenvalue weighted by atomic mass is 79.9. The third-order valence-corrected chi connectivity index (χ3v) is 3.70. The maximum absolute atomic E-state index is 12.3. The lowest BCUT2D eigenvalue weighted by atomic mass is 10.1. The molecule has 2 aromatic rings. The smallest absolute Gasteiger partial charge is 0.251 e. The number of hydrogen-bond donors (Lipinski definition) is 1. The molecule has 0 saturated heterocycles. The second kappa shape index (κ2) is 6.76.